The second-order valence-corrected chi connectivity index (χ2v) is 5.77. The highest BCUT2D eigenvalue weighted by Gasteiger charge is 2.14. The molecule has 3 nitrogen and oxygen atoms in total. The van der Waals surface area contributed by atoms with Crippen LogP contribution in [0.15, 0.2) is 22.8 Å². The lowest BCUT2D eigenvalue weighted by atomic mass is 10.1. The van der Waals surface area contributed by atoms with Crippen LogP contribution in [-0.2, 0) is 0 Å². The molecule has 2 heterocycles. The summed E-state index contributed by atoms with van der Waals surface area (Å²) in [6.07, 6.45) is 4.57. The van der Waals surface area contributed by atoms with Crippen LogP contribution in [0.25, 0.3) is 0 Å². The summed E-state index contributed by atoms with van der Waals surface area (Å²) in [5.41, 5.74) is 0. The molecule has 1 aromatic rings. The Morgan fingerprint density at radius 3 is 2.82 bits per heavy atom. The van der Waals surface area contributed by atoms with E-state index in [-0.39, 0.29) is 0 Å². The van der Waals surface area contributed by atoms with Gasteiger partial charge in [0.25, 0.3) is 0 Å². The summed E-state index contributed by atoms with van der Waals surface area (Å²) in [7, 11) is 0. The van der Waals surface area contributed by atoms with E-state index in [4.69, 9.17) is 0 Å². The molecule has 1 saturated heterocycles. The van der Waals surface area contributed by atoms with Gasteiger partial charge in [0.15, 0.2) is 0 Å². The molecule has 1 aliphatic rings. The van der Waals surface area contributed by atoms with Crippen LogP contribution in [0.4, 0.5) is 5.82 Å². The molecule has 1 fully saturated rings. The first-order valence-corrected chi connectivity index (χ1v) is 7.11. The first kappa shape index (κ1) is 12.8. The van der Waals surface area contributed by atoms with E-state index >= 15 is 0 Å². The maximum Gasteiger partial charge on any atom is 0.125 e. The van der Waals surface area contributed by atoms with Gasteiger partial charge in [0.2, 0.25) is 0 Å². The molecule has 0 aliphatic carbocycles. The van der Waals surface area contributed by atoms with E-state index < -0.39 is 0 Å². The number of hydrogen-bond donors (Lipinski definition) is 1. The van der Waals surface area contributed by atoms with Gasteiger partial charge < -0.3 is 10.2 Å². The van der Waals surface area contributed by atoms with Crippen LogP contribution in [0.2, 0.25) is 0 Å². The van der Waals surface area contributed by atoms with Crippen molar-refractivity contribution in [2.75, 3.05) is 31.5 Å². The summed E-state index contributed by atoms with van der Waals surface area (Å²) in [5.74, 6) is 1.63. The van der Waals surface area contributed by atoms with E-state index in [2.05, 4.69) is 38.1 Å². The van der Waals surface area contributed by atoms with Crippen LogP contribution in [0.3, 0.4) is 0 Å². The molecule has 0 bridgehead atoms. The molecule has 1 atom stereocenters. The van der Waals surface area contributed by atoms with Crippen molar-refractivity contribution >= 4 is 21.7 Å². The molecular weight excluding hydrogens is 278 g/mol. The molecule has 1 unspecified atom stereocenters. The van der Waals surface area contributed by atoms with Crippen LogP contribution >= 0.6 is 15.9 Å². The molecule has 0 saturated carbocycles. The lowest BCUT2D eigenvalue weighted by molar-refractivity contribution is 0.294. The number of likely N-dealkylation sites (tertiary alicyclic amines) is 1. The molecule has 0 spiro atoms. The fourth-order valence-corrected chi connectivity index (χ4v) is 2.46. The first-order valence-electron chi connectivity index (χ1n) is 6.32. The van der Waals surface area contributed by atoms with Crippen molar-refractivity contribution in [3.8, 4) is 0 Å². The molecule has 1 N–H and O–H groups in total. The largest absolute Gasteiger partial charge is 0.370 e. The SMILES string of the molecule is CC(CNc1ccc(Br)cn1)CN1CCCC1. The van der Waals surface area contributed by atoms with Crippen molar-refractivity contribution in [3.05, 3.63) is 22.8 Å². The smallest absolute Gasteiger partial charge is 0.125 e. The molecular formula is C13H20BrN3. The van der Waals surface area contributed by atoms with Crippen LogP contribution < -0.4 is 5.32 Å². The van der Waals surface area contributed by atoms with E-state index in [0.717, 1.165) is 16.8 Å². The van der Waals surface area contributed by atoms with Crippen molar-refractivity contribution in [2.24, 2.45) is 5.92 Å². The van der Waals surface area contributed by atoms with Crippen molar-refractivity contribution in [1.82, 2.24) is 9.88 Å². The molecule has 4 heteroatoms. The number of aromatic nitrogens is 1. The van der Waals surface area contributed by atoms with Gasteiger partial charge in [-0.15, -0.1) is 0 Å². The van der Waals surface area contributed by atoms with Crippen molar-refractivity contribution < 1.29 is 0 Å². The lowest BCUT2D eigenvalue weighted by Crippen LogP contribution is -2.28. The van der Waals surface area contributed by atoms with Gasteiger partial charge in [-0.25, -0.2) is 4.98 Å². The van der Waals surface area contributed by atoms with Crippen LogP contribution in [-0.4, -0.2) is 36.1 Å². The Morgan fingerprint density at radius 2 is 2.18 bits per heavy atom. The van der Waals surface area contributed by atoms with Crippen LogP contribution in [0.1, 0.15) is 19.8 Å². The van der Waals surface area contributed by atoms with Crippen molar-refractivity contribution in [3.63, 3.8) is 0 Å². The molecule has 1 aliphatic heterocycles. The number of halogens is 1. The molecule has 2 rings (SSSR count). The van der Waals surface area contributed by atoms with Gasteiger partial charge in [0, 0.05) is 23.8 Å². The lowest BCUT2D eigenvalue weighted by Gasteiger charge is -2.20. The van der Waals surface area contributed by atoms with E-state index in [1.165, 1.54) is 32.5 Å². The van der Waals surface area contributed by atoms with E-state index in [1.807, 2.05) is 18.3 Å². The zero-order chi connectivity index (χ0) is 12.1. The molecule has 0 radical (unpaired) electrons. The number of hydrogen-bond acceptors (Lipinski definition) is 3. The third kappa shape index (κ3) is 4.28. The maximum absolute atomic E-state index is 4.31. The number of rotatable bonds is 5. The average molecular weight is 298 g/mol. The van der Waals surface area contributed by atoms with Gasteiger partial charge in [0.05, 0.1) is 0 Å². The van der Waals surface area contributed by atoms with E-state index in [9.17, 15) is 0 Å². The fraction of sp³-hybridized carbons (Fsp3) is 0.615. The molecule has 17 heavy (non-hydrogen) atoms. The standard InChI is InChI=1S/C13H20BrN3/c1-11(10-17-6-2-3-7-17)8-15-13-5-4-12(14)9-16-13/h4-5,9,11H,2-3,6-8,10H2,1H3,(H,15,16). The topological polar surface area (TPSA) is 28.2 Å². The third-order valence-corrected chi connectivity index (χ3v) is 3.60. The summed E-state index contributed by atoms with van der Waals surface area (Å²) in [6.45, 7) is 7.04. The quantitative estimate of drug-likeness (QED) is 0.906. The van der Waals surface area contributed by atoms with Crippen molar-refractivity contribution in [1.29, 1.82) is 0 Å². The van der Waals surface area contributed by atoms with E-state index in [1.54, 1.807) is 0 Å². The predicted octanol–water partition coefficient (Wildman–Crippen LogP) is 2.99. The second-order valence-electron chi connectivity index (χ2n) is 4.86. The number of pyridine rings is 1. The Hall–Kier alpha value is -0.610. The van der Waals surface area contributed by atoms with Gasteiger partial charge in [-0.3, -0.25) is 0 Å². The van der Waals surface area contributed by atoms with Gasteiger partial charge in [-0.05, 0) is 59.9 Å². The van der Waals surface area contributed by atoms with Crippen molar-refractivity contribution in [2.45, 2.75) is 19.8 Å². The minimum absolute atomic E-state index is 0.665. The Bertz CT molecular complexity index is 333. The number of nitrogens with one attached hydrogen (secondary N) is 1. The maximum atomic E-state index is 4.31. The highest BCUT2D eigenvalue weighted by Crippen LogP contribution is 2.13. The Labute approximate surface area is 112 Å². The average Bonchev–Trinajstić information content (AvgIpc) is 2.81. The highest BCUT2D eigenvalue weighted by atomic mass is 79.9. The molecule has 94 valence electrons. The zero-order valence-corrected chi connectivity index (χ0v) is 11.9. The van der Waals surface area contributed by atoms with E-state index in [0.29, 0.717) is 5.92 Å². The zero-order valence-electron chi connectivity index (χ0n) is 10.3. The third-order valence-electron chi connectivity index (χ3n) is 3.13. The minimum Gasteiger partial charge on any atom is -0.370 e. The fourth-order valence-electron chi connectivity index (χ4n) is 2.23. The van der Waals surface area contributed by atoms with Gasteiger partial charge >= 0.3 is 0 Å². The summed E-state index contributed by atoms with van der Waals surface area (Å²) in [5, 5.41) is 3.39. The summed E-state index contributed by atoms with van der Waals surface area (Å²) < 4.78 is 1.02. The molecule has 0 aromatic carbocycles. The predicted molar refractivity (Wildman–Crippen MR) is 75.3 cm³/mol. The van der Waals surface area contributed by atoms with Gasteiger partial charge in [-0.2, -0.15) is 0 Å². The monoisotopic (exact) mass is 297 g/mol. The van der Waals surface area contributed by atoms with Gasteiger partial charge in [0.1, 0.15) is 5.82 Å². The summed E-state index contributed by atoms with van der Waals surface area (Å²) in [4.78, 5) is 6.87. The second kappa shape index (κ2) is 6.36. The Kier molecular flexibility index (Phi) is 4.80. The minimum atomic E-state index is 0.665. The van der Waals surface area contributed by atoms with Crippen LogP contribution in [0, 0.1) is 5.92 Å². The summed E-state index contributed by atoms with van der Waals surface area (Å²) >= 11 is 3.39. The summed E-state index contributed by atoms with van der Waals surface area (Å²) in [6, 6.07) is 4.02. The molecule has 1 aromatic heterocycles. The number of anilines is 1. The van der Waals surface area contributed by atoms with Crippen LogP contribution in [0.5, 0.6) is 0 Å². The Balaban J connectivity index is 1.71. The molecule has 0 amide bonds. The normalized spacial score (nSPS) is 18.2. The number of nitrogens with zero attached hydrogens (tertiary/aromatic N) is 2. The Morgan fingerprint density at radius 1 is 1.41 bits per heavy atom. The van der Waals surface area contributed by atoms with Gasteiger partial charge in [-0.1, -0.05) is 6.92 Å². The highest BCUT2D eigenvalue weighted by molar-refractivity contribution is 9.10. The first-order chi connectivity index (χ1) is 8.24.